The van der Waals surface area contributed by atoms with E-state index in [1.807, 2.05) is 6.92 Å². The maximum atomic E-state index is 11.2. The van der Waals surface area contributed by atoms with Crippen LogP contribution in [0.15, 0.2) is 0 Å². The van der Waals surface area contributed by atoms with Crippen molar-refractivity contribution < 1.29 is 14.3 Å². The van der Waals surface area contributed by atoms with Gasteiger partial charge in [0.1, 0.15) is 6.04 Å². The van der Waals surface area contributed by atoms with Gasteiger partial charge in [0.2, 0.25) is 0 Å². The molecule has 0 rings (SSSR count). The summed E-state index contributed by atoms with van der Waals surface area (Å²) in [5.74, 6) is -0.197. The maximum Gasteiger partial charge on any atom is 0.322 e. The Kier molecular flexibility index (Phi) is 7.42. The molecule has 84 valence electrons. The van der Waals surface area contributed by atoms with Crippen molar-refractivity contribution in [2.45, 2.75) is 39.3 Å². The van der Waals surface area contributed by atoms with Crippen molar-refractivity contribution in [3.63, 3.8) is 0 Å². The summed E-state index contributed by atoms with van der Waals surface area (Å²) in [6.07, 6.45) is 0.889. The molecule has 1 N–H and O–H groups in total. The minimum atomic E-state index is -0.248. The van der Waals surface area contributed by atoms with E-state index in [-0.39, 0.29) is 18.1 Å². The van der Waals surface area contributed by atoms with Crippen LogP contribution in [0.5, 0.6) is 0 Å². The fourth-order valence-electron chi connectivity index (χ4n) is 1.14. The van der Waals surface area contributed by atoms with Crippen molar-refractivity contribution in [2.75, 3.05) is 20.3 Å². The molecule has 0 aromatic rings. The van der Waals surface area contributed by atoms with Crippen molar-refractivity contribution in [3.8, 4) is 0 Å². The van der Waals surface area contributed by atoms with Crippen LogP contribution < -0.4 is 5.32 Å². The molecule has 4 nitrogen and oxygen atoms in total. The Morgan fingerprint density at radius 1 is 1.43 bits per heavy atom. The van der Waals surface area contributed by atoms with Gasteiger partial charge in [0.15, 0.2) is 0 Å². The third-order valence-electron chi connectivity index (χ3n) is 1.93. The monoisotopic (exact) mass is 203 g/mol. The van der Waals surface area contributed by atoms with Crippen LogP contribution in [-0.2, 0) is 14.3 Å². The SMILES string of the molecule is CCOC(=O)C(C)NC(C)CCOC. The Morgan fingerprint density at radius 3 is 2.57 bits per heavy atom. The minimum absolute atomic E-state index is 0.197. The highest BCUT2D eigenvalue weighted by Crippen LogP contribution is 1.95. The van der Waals surface area contributed by atoms with Crippen molar-refractivity contribution in [1.29, 1.82) is 0 Å². The predicted molar refractivity (Wildman–Crippen MR) is 55.2 cm³/mol. The van der Waals surface area contributed by atoms with E-state index in [0.29, 0.717) is 13.2 Å². The molecule has 0 saturated heterocycles. The fourth-order valence-corrected chi connectivity index (χ4v) is 1.14. The second-order valence-corrected chi connectivity index (χ2v) is 3.32. The number of nitrogens with one attached hydrogen (secondary N) is 1. The molecule has 14 heavy (non-hydrogen) atoms. The first-order valence-electron chi connectivity index (χ1n) is 5.03. The number of rotatable bonds is 7. The summed E-state index contributed by atoms with van der Waals surface area (Å²) in [5.41, 5.74) is 0. The van der Waals surface area contributed by atoms with Crippen molar-refractivity contribution in [1.82, 2.24) is 5.32 Å². The molecule has 4 heteroatoms. The molecule has 0 saturated carbocycles. The lowest BCUT2D eigenvalue weighted by Crippen LogP contribution is -2.41. The topological polar surface area (TPSA) is 47.6 Å². The summed E-state index contributed by atoms with van der Waals surface area (Å²) < 4.78 is 9.82. The average Bonchev–Trinajstić information content (AvgIpc) is 2.15. The molecule has 0 amide bonds. The Morgan fingerprint density at radius 2 is 2.07 bits per heavy atom. The number of ether oxygens (including phenoxy) is 2. The van der Waals surface area contributed by atoms with Crippen LogP contribution in [0.25, 0.3) is 0 Å². The Hall–Kier alpha value is -0.610. The lowest BCUT2D eigenvalue weighted by molar-refractivity contribution is -0.145. The van der Waals surface area contributed by atoms with Gasteiger partial charge in [-0.3, -0.25) is 4.79 Å². The molecule has 0 heterocycles. The number of hydrogen-bond acceptors (Lipinski definition) is 4. The number of carbonyl (C=O) groups is 1. The van der Waals surface area contributed by atoms with E-state index >= 15 is 0 Å². The average molecular weight is 203 g/mol. The molecule has 0 aromatic carbocycles. The van der Waals surface area contributed by atoms with Crippen molar-refractivity contribution in [2.24, 2.45) is 0 Å². The molecule has 0 aliphatic rings. The zero-order valence-electron chi connectivity index (χ0n) is 9.50. The highest BCUT2D eigenvalue weighted by atomic mass is 16.5. The van der Waals surface area contributed by atoms with Crippen LogP contribution in [0.3, 0.4) is 0 Å². The molecular formula is C10H21NO3. The van der Waals surface area contributed by atoms with Gasteiger partial charge in [0.05, 0.1) is 6.61 Å². The quantitative estimate of drug-likeness (QED) is 0.626. The molecule has 0 spiro atoms. The Bertz CT molecular complexity index is 161. The van der Waals surface area contributed by atoms with Crippen LogP contribution in [0.4, 0.5) is 0 Å². The van der Waals surface area contributed by atoms with Gasteiger partial charge in [-0.1, -0.05) is 0 Å². The summed E-state index contributed by atoms with van der Waals surface area (Å²) >= 11 is 0. The van der Waals surface area contributed by atoms with E-state index in [0.717, 1.165) is 6.42 Å². The Balaban J connectivity index is 3.68. The van der Waals surface area contributed by atoms with E-state index in [1.54, 1.807) is 21.0 Å². The largest absolute Gasteiger partial charge is 0.465 e. The molecule has 2 unspecified atom stereocenters. The fraction of sp³-hybridized carbons (Fsp3) is 0.900. The van der Waals surface area contributed by atoms with Gasteiger partial charge >= 0.3 is 5.97 Å². The van der Waals surface area contributed by atoms with Gasteiger partial charge in [-0.05, 0) is 27.2 Å². The third kappa shape index (κ3) is 5.94. The van der Waals surface area contributed by atoms with Gasteiger partial charge < -0.3 is 14.8 Å². The zero-order chi connectivity index (χ0) is 11.0. The summed E-state index contributed by atoms with van der Waals surface area (Å²) in [6, 6.07) is 0.0103. The first-order chi connectivity index (χ1) is 6.61. The predicted octanol–water partition coefficient (Wildman–Crippen LogP) is 0.953. The number of methoxy groups -OCH3 is 1. The number of carbonyl (C=O) groups excluding carboxylic acids is 1. The summed E-state index contributed by atoms with van der Waals surface area (Å²) in [6.45, 7) is 6.76. The molecule has 0 aliphatic heterocycles. The van der Waals surface area contributed by atoms with E-state index in [2.05, 4.69) is 5.32 Å². The third-order valence-corrected chi connectivity index (χ3v) is 1.93. The summed E-state index contributed by atoms with van der Waals surface area (Å²) in [4.78, 5) is 11.2. The summed E-state index contributed by atoms with van der Waals surface area (Å²) in [5, 5.41) is 3.14. The molecule has 0 bridgehead atoms. The van der Waals surface area contributed by atoms with Crippen molar-refractivity contribution >= 4 is 5.97 Å². The van der Waals surface area contributed by atoms with Gasteiger partial charge in [-0.25, -0.2) is 0 Å². The first kappa shape index (κ1) is 13.4. The van der Waals surface area contributed by atoms with Crippen LogP contribution in [-0.4, -0.2) is 38.4 Å². The van der Waals surface area contributed by atoms with Crippen LogP contribution in [0.2, 0.25) is 0 Å². The van der Waals surface area contributed by atoms with Gasteiger partial charge in [0.25, 0.3) is 0 Å². The molecule has 0 radical (unpaired) electrons. The normalized spacial score (nSPS) is 14.9. The minimum Gasteiger partial charge on any atom is -0.465 e. The Labute approximate surface area is 86.0 Å². The second-order valence-electron chi connectivity index (χ2n) is 3.32. The van der Waals surface area contributed by atoms with E-state index in [1.165, 1.54) is 0 Å². The number of esters is 1. The van der Waals surface area contributed by atoms with Crippen LogP contribution in [0.1, 0.15) is 27.2 Å². The summed E-state index contributed by atoms with van der Waals surface area (Å²) in [7, 11) is 1.67. The highest BCUT2D eigenvalue weighted by Gasteiger charge is 2.15. The zero-order valence-corrected chi connectivity index (χ0v) is 9.50. The molecule has 2 atom stereocenters. The van der Waals surface area contributed by atoms with Crippen LogP contribution >= 0.6 is 0 Å². The second kappa shape index (κ2) is 7.76. The smallest absolute Gasteiger partial charge is 0.322 e. The van der Waals surface area contributed by atoms with Gasteiger partial charge in [0, 0.05) is 19.8 Å². The van der Waals surface area contributed by atoms with Gasteiger partial charge in [-0.2, -0.15) is 0 Å². The molecular weight excluding hydrogens is 182 g/mol. The number of hydrogen-bond donors (Lipinski definition) is 1. The van der Waals surface area contributed by atoms with E-state index < -0.39 is 0 Å². The lowest BCUT2D eigenvalue weighted by Gasteiger charge is -2.18. The van der Waals surface area contributed by atoms with Gasteiger partial charge in [-0.15, -0.1) is 0 Å². The molecule has 0 aromatic heterocycles. The standard InChI is InChI=1S/C10H21NO3/c1-5-14-10(12)9(3)11-8(2)6-7-13-4/h8-9,11H,5-7H2,1-4H3. The van der Waals surface area contributed by atoms with E-state index in [9.17, 15) is 4.79 Å². The molecule has 0 aliphatic carbocycles. The maximum absolute atomic E-state index is 11.2. The lowest BCUT2D eigenvalue weighted by atomic mass is 10.2. The highest BCUT2D eigenvalue weighted by molar-refractivity contribution is 5.75. The van der Waals surface area contributed by atoms with E-state index in [4.69, 9.17) is 9.47 Å². The van der Waals surface area contributed by atoms with Crippen LogP contribution in [0, 0.1) is 0 Å². The first-order valence-corrected chi connectivity index (χ1v) is 5.03. The van der Waals surface area contributed by atoms with Crippen molar-refractivity contribution in [3.05, 3.63) is 0 Å². The molecule has 0 fully saturated rings.